The van der Waals surface area contributed by atoms with Gasteiger partial charge in [0.1, 0.15) is 6.61 Å². The maximum absolute atomic E-state index is 12.8. The summed E-state index contributed by atoms with van der Waals surface area (Å²) in [5.74, 6) is -0.465. The lowest BCUT2D eigenvalue weighted by Crippen LogP contribution is -2.30. The Morgan fingerprint density at radius 3 is 1.11 bits per heavy atom. The minimum absolute atomic E-state index is 0.0445. The van der Waals surface area contributed by atoms with Gasteiger partial charge >= 0.3 is 11.9 Å². The Balaban J connectivity index is 4.44. The molecule has 0 heterocycles. The second kappa shape index (κ2) is 55.6. The summed E-state index contributed by atoms with van der Waals surface area (Å²) in [5.41, 5.74) is 0. The zero-order valence-electron chi connectivity index (χ0n) is 42.9. The molecule has 0 amide bonds. The lowest BCUT2D eigenvalue weighted by Gasteiger charge is -2.18. The van der Waals surface area contributed by atoms with E-state index < -0.39 is 6.10 Å². The zero-order chi connectivity index (χ0) is 47.7. The van der Waals surface area contributed by atoms with Crippen molar-refractivity contribution in [2.45, 2.75) is 232 Å². The molecule has 0 aromatic heterocycles. The fourth-order valence-electron chi connectivity index (χ4n) is 6.99. The predicted molar refractivity (Wildman–Crippen MR) is 288 cm³/mol. The van der Waals surface area contributed by atoms with Crippen molar-refractivity contribution in [1.82, 2.24) is 0 Å². The number of unbranched alkanes of at least 4 members (excludes halogenated alkanes) is 17. The van der Waals surface area contributed by atoms with Crippen molar-refractivity contribution in [3.05, 3.63) is 122 Å². The molecule has 1 unspecified atom stereocenters. The fourth-order valence-corrected chi connectivity index (χ4v) is 6.99. The van der Waals surface area contributed by atoms with Gasteiger partial charge in [-0.15, -0.1) is 0 Å². The third kappa shape index (κ3) is 52.9. The molecule has 0 aromatic rings. The van der Waals surface area contributed by atoms with Crippen LogP contribution in [0.3, 0.4) is 0 Å². The SMILES string of the molecule is CC/C=C\C/C=C\C/C=C\C/C=C\C/C=C\CCCCOCC(COC(=O)CCCCCC/C=C\C/C=C\C/C=C\C/C=C\CC)OC(=O)CCCCCCC/C=C\CCCCCCCC. The smallest absolute Gasteiger partial charge is 0.306 e. The topological polar surface area (TPSA) is 61.8 Å². The Labute approximate surface area is 407 Å². The van der Waals surface area contributed by atoms with Crippen LogP contribution in [0.2, 0.25) is 0 Å². The maximum Gasteiger partial charge on any atom is 0.306 e. The van der Waals surface area contributed by atoms with E-state index in [4.69, 9.17) is 14.2 Å². The molecule has 0 aliphatic rings. The van der Waals surface area contributed by atoms with Crippen molar-refractivity contribution in [1.29, 1.82) is 0 Å². The van der Waals surface area contributed by atoms with E-state index in [-0.39, 0.29) is 25.2 Å². The third-order valence-corrected chi connectivity index (χ3v) is 11.0. The van der Waals surface area contributed by atoms with E-state index in [9.17, 15) is 9.59 Å². The second-order valence-electron chi connectivity index (χ2n) is 17.4. The van der Waals surface area contributed by atoms with Crippen LogP contribution in [-0.4, -0.2) is 37.9 Å². The normalized spacial score (nSPS) is 13.2. The van der Waals surface area contributed by atoms with Gasteiger partial charge < -0.3 is 14.2 Å². The largest absolute Gasteiger partial charge is 0.462 e. The molecule has 0 bridgehead atoms. The average Bonchev–Trinajstić information content (AvgIpc) is 3.32. The van der Waals surface area contributed by atoms with Crippen LogP contribution in [0.25, 0.3) is 0 Å². The standard InChI is InChI=1S/C61H100O5/c1-4-7-10-13-16-19-22-25-28-30-32-35-38-41-44-47-50-53-56-64-57-59(66-61(63)55-52-49-46-43-40-37-33-27-24-21-18-15-12-9-6-3)58-65-60(62)54-51-48-45-42-39-36-34-31-29-26-23-20-17-14-11-8-5-2/h7-8,10-11,16-17,19-20,25-29,32-36,41,44,59H,4-6,9,12-15,18,21-24,30-31,37-40,42-43,45-58H2,1-3H3/b10-7-,11-8-,19-16-,20-17-,28-25-,29-26-,33-27-,35-32-,36-34-,44-41-. The summed E-state index contributed by atoms with van der Waals surface area (Å²) in [6.45, 7) is 7.45. The summed E-state index contributed by atoms with van der Waals surface area (Å²) in [5, 5.41) is 0. The summed E-state index contributed by atoms with van der Waals surface area (Å²) in [6, 6.07) is 0. The van der Waals surface area contributed by atoms with Crippen LogP contribution in [0.5, 0.6) is 0 Å². The molecule has 0 saturated heterocycles. The van der Waals surface area contributed by atoms with Crippen LogP contribution in [0.4, 0.5) is 0 Å². The highest BCUT2D eigenvalue weighted by Crippen LogP contribution is 2.13. The van der Waals surface area contributed by atoms with Gasteiger partial charge in [-0.25, -0.2) is 0 Å². The van der Waals surface area contributed by atoms with E-state index in [1.165, 1.54) is 57.8 Å². The van der Waals surface area contributed by atoms with Crippen molar-refractivity contribution < 1.29 is 23.8 Å². The van der Waals surface area contributed by atoms with E-state index in [1.54, 1.807) is 0 Å². The Hall–Kier alpha value is -3.70. The molecule has 5 heteroatoms. The predicted octanol–water partition coefficient (Wildman–Crippen LogP) is 18.6. The van der Waals surface area contributed by atoms with Gasteiger partial charge in [0.05, 0.1) is 6.61 Å². The van der Waals surface area contributed by atoms with Crippen LogP contribution in [0.1, 0.15) is 226 Å². The molecule has 66 heavy (non-hydrogen) atoms. The van der Waals surface area contributed by atoms with Crippen molar-refractivity contribution in [3.63, 3.8) is 0 Å². The molecule has 5 nitrogen and oxygen atoms in total. The number of carbonyl (C=O) groups is 2. The van der Waals surface area contributed by atoms with Crippen LogP contribution in [0.15, 0.2) is 122 Å². The highest BCUT2D eigenvalue weighted by molar-refractivity contribution is 5.70. The molecule has 0 radical (unpaired) electrons. The first-order valence-corrected chi connectivity index (χ1v) is 27.1. The molecule has 0 fully saturated rings. The molecule has 0 spiro atoms. The summed E-state index contributed by atoms with van der Waals surface area (Å²) in [6.07, 6.45) is 77.9. The van der Waals surface area contributed by atoms with Gasteiger partial charge in [-0.1, -0.05) is 206 Å². The number of esters is 2. The van der Waals surface area contributed by atoms with E-state index in [1.807, 2.05) is 0 Å². The first kappa shape index (κ1) is 62.3. The van der Waals surface area contributed by atoms with Gasteiger partial charge in [0, 0.05) is 19.4 Å². The van der Waals surface area contributed by atoms with Crippen molar-refractivity contribution in [2.75, 3.05) is 19.8 Å². The molecule has 0 aromatic carbocycles. The molecule has 0 aliphatic heterocycles. The van der Waals surface area contributed by atoms with Gasteiger partial charge in [0.25, 0.3) is 0 Å². The summed E-state index contributed by atoms with van der Waals surface area (Å²) < 4.78 is 17.4. The van der Waals surface area contributed by atoms with Crippen LogP contribution in [-0.2, 0) is 23.8 Å². The molecule has 374 valence electrons. The lowest BCUT2D eigenvalue weighted by atomic mass is 10.1. The maximum atomic E-state index is 12.8. The Kier molecular flexibility index (Phi) is 52.5. The first-order valence-electron chi connectivity index (χ1n) is 27.1. The molecule has 1 atom stereocenters. The van der Waals surface area contributed by atoms with E-state index in [0.29, 0.717) is 19.4 Å². The van der Waals surface area contributed by atoms with Gasteiger partial charge in [0.2, 0.25) is 0 Å². The molecule has 0 aliphatic carbocycles. The summed E-state index contributed by atoms with van der Waals surface area (Å²) in [4.78, 5) is 25.5. The van der Waals surface area contributed by atoms with Crippen molar-refractivity contribution in [2.24, 2.45) is 0 Å². The zero-order valence-corrected chi connectivity index (χ0v) is 42.9. The van der Waals surface area contributed by atoms with Gasteiger partial charge in [-0.2, -0.15) is 0 Å². The minimum atomic E-state index is -0.582. The van der Waals surface area contributed by atoms with E-state index >= 15 is 0 Å². The van der Waals surface area contributed by atoms with Gasteiger partial charge in [-0.3, -0.25) is 9.59 Å². The molecule has 0 rings (SSSR count). The van der Waals surface area contributed by atoms with E-state index in [0.717, 1.165) is 135 Å². The lowest BCUT2D eigenvalue weighted by molar-refractivity contribution is -0.163. The molecule has 0 saturated carbocycles. The van der Waals surface area contributed by atoms with Crippen molar-refractivity contribution in [3.8, 4) is 0 Å². The van der Waals surface area contributed by atoms with Gasteiger partial charge in [0.15, 0.2) is 6.10 Å². The van der Waals surface area contributed by atoms with Crippen LogP contribution in [0, 0.1) is 0 Å². The highest BCUT2D eigenvalue weighted by Gasteiger charge is 2.17. The third-order valence-electron chi connectivity index (χ3n) is 11.0. The van der Waals surface area contributed by atoms with Crippen molar-refractivity contribution >= 4 is 11.9 Å². The Morgan fingerprint density at radius 2 is 0.682 bits per heavy atom. The highest BCUT2D eigenvalue weighted by atomic mass is 16.6. The number of rotatable bonds is 48. The number of hydrogen-bond donors (Lipinski definition) is 0. The number of carbonyl (C=O) groups excluding carboxylic acids is 2. The van der Waals surface area contributed by atoms with Crippen LogP contribution < -0.4 is 0 Å². The number of allylic oxidation sites excluding steroid dienone is 20. The first-order chi connectivity index (χ1) is 32.6. The monoisotopic (exact) mass is 913 g/mol. The Bertz CT molecular complexity index is 1350. The second-order valence-corrected chi connectivity index (χ2v) is 17.4. The summed E-state index contributed by atoms with van der Waals surface area (Å²) in [7, 11) is 0. The minimum Gasteiger partial charge on any atom is -0.462 e. The van der Waals surface area contributed by atoms with Crippen LogP contribution >= 0.6 is 0 Å². The van der Waals surface area contributed by atoms with E-state index in [2.05, 4.69) is 142 Å². The number of hydrogen-bond acceptors (Lipinski definition) is 5. The van der Waals surface area contributed by atoms with Gasteiger partial charge in [-0.05, 0) is 128 Å². The summed E-state index contributed by atoms with van der Waals surface area (Å²) >= 11 is 0. The molecular weight excluding hydrogens is 813 g/mol. The number of ether oxygens (including phenoxy) is 3. The fraction of sp³-hybridized carbons (Fsp3) is 0.639. The average molecular weight is 913 g/mol. The quantitative estimate of drug-likeness (QED) is 0.0346. The molecular formula is C61H100O5. The Morgan fingerprint density at radius 1 is 0.348 bits per heavy atom. The molecule has 0 N–H and O–H groups in total.